The molecule has 1 aliphatic carbocycles. The van der Waals surface area contributed by atoms with Crippen LogP contribution in [0.5, 0.6) is 5.75 Å². The average Bonchev–Trinajstić information content (AvgIpc) is 3.55. The molecule has 0 bridgehead atoms. The number of carboxylic acid groups (broad SMARTS) is 1. The Kier molecular flexibility index (Phi) is 17.2. The minimum absolute atomic E-state index is 0.0178. The lowest BCUT2D eigenvalue weighted by atomic mass is 9.98. The van der Waals surface area contributed by atoms with E-state index in [-0.39, 0.29) is 55.1 Å². The molecule has 0 aromatic heterocycles. The Balaban J connectivity index is 0.740. The molecule has 1 unspecified atom stereocenters. The van der Waals surface area contributed by atoms with Gasteiger partial charge in [0.05, 0.1) is 56.6 Å². The average molecular weight is 861 g/mol. The van der Waals surface area contributed by atoms with Crippen molar-refractivity contribution in [2.75, 3.05) is 79.2 Å². The molecule has 0 spiro atoms. The summed E-state index contributed by atoms with van der Waals surface area (Å²) in [5.41, 5.74) is 4.54. The van der Waals surface area contributed by atoms with Crippen LogP contribution in [0.1, 0.15) is 69.9 Å². The van der Waals surface area contributed by atoms with Crippen molar-refractivity contribution in [1.29, 1.82) is 0 Å². The number of hydrogen-bond acceptors (Lipinski definition) is 13. The molecule has 62 heavy (non-hydrogen) atoms. The minimum Gasteiger partial charge on any atom is -0.483 e. The number of nitrogens with one attached hydrogen (secondary N) is 3. The van der Waals surface area contributed by atoms with Gasteiger partial charge < -0.3 is 44.7 Å². The summed E-state index contributed by atoms with van der Waals surface area (Å²) in [6.45, 7) is 2.83. The Morgan fingerprint density at radius 1 is 0.742 bits per heavy atom. The van der Waals surface area contributed by atoms with Crippen LogP contribution in [-0.4, -0.2) is 137 Å². The second kappa shape index (κ2) is 23.3. The number of carbonyl (C=O) groups is 6. The Bertz CT molecular complexity index is 1990. The highest BCUT2D eigenvalue weighted by Crippen LogP contribution is 2.44. The summed E-state index contributed by atoms with van der Waals surface area (Å²) in [5, 5.41) is 17.3. The number of ether oxygens (including phenoxy) is 5. The van der Waals surface area contributed by atoms with Crippen molar-refractivity contribution >= 4 is 35.7 Å². The first-order valence-electron chi connectivity index (χ1n) is 20.7. The number of rotatable bonds is 24. The molecule has 1 fully saturated rings. The monoisotopic (exact) mass is 860 g/mol. The van der Waals surface area contributed by atoms with E-state index in [2.05, 4.69) is 16.0 Å². The lowest BCUT2D eigenvalue weighted by molar-refractivity contribution is -0.291. The largest absolute Gasteiger partial charge is 0.483 e. The fourth-order valence-electron chi connectivity index (χ4n) is 7.36. The number of carbonyl (C=O) groups excluding carboxylic acids is 5. The van der Waals surface area contributed by atoms with Crippen molar-refractivity contribution in [1.82, 2.24) is 20.9 Å². The third-order valence-electron chi connectivity index (χ3n) is 10.4. The van der Waals surface area contributed by atoms with Crippen molar-refractivity contribution in [3.8, 4) is 16.9 Å². The van der Waals surface area contributed by atoms with Crippen LogP contribution in [-0.2, 0) is 43.1 Å². The number of alkyl carbamates (subject to hydrolysis) is 1. The van der Waals surface area contributed by atoms with Gasteiger partial charge in [-0.1, -0.05) is 54.6 Å². The van der Waals surface area contributed by atoms with Gasteiger partial charge in [0.1, 0.15) is 25.0 Å². The Hall–Kier alpha value is -5.92. The molecular weight excluding hydrogens is 808 g/mol. The molecule has 2 aliphatic heterocycles. The summed E-state index contributed by atoms with van der Waals surface area (Å²) in [7, 11) is 0. The molecule has 332 valence electrons. The van der Waals surface area contributed by atoms with Crippen LogP contribution in [0.25, 0.3) is 11.1 Å². The van der Waals surface area contributed by atoms with Gasteiger partial charge in [0, 0.05) is 32.2 Å². The predicted molar refractivity (Wildman–Crippen MR) is 219 cm³/mol. The number of aliphatic carboxylic acids is 1. The normalized spacial score (nSPS) is 16.1. The van der Waals surface area contributed by atoms with E-state index in [1.807, 2.05) is 48.5 Å². The first-order chi connectivity index (χ1) is 30.2. The van der Waals surface area contributed by atoms with Crippen molar-refractivity contribution in [2.45, 2.75) is 50.1 Å². The molecule has 18 heteroatoms. The molecule has 5 amide bonds. The van der Waals surface area contributed by atoms with E-state index in [1.54, 1.807) is 18.2 Å². The summed E-state index contributed by atoms with van der Waals surface area (Å²) in [6, 6.07) is 18.5. The highest BCUT2D eigenvalue weighted by atomic mass is 17.2. The Labute approximate surface area is 358 Å². The number of carboxylic acids is 1. The molecule has 3 aliphatic rings. The van der Waals surface area contributed by atoms with Crippen LogP contribution < -0.4 is 20.7 Å². The Morgan fingerprint density at radius 2 is 1.35 bits per heavy atom. The van der Waals surface area contributed by atoms with Crippen LogP contribution in [0, 0.1) is 0 Å². The van der Waals surface area contributed by atoms with Gasteiger partial charge >= 0.3 is 12.1 Å². The summed E-state index contributed by atoms with van der Waals surface area (Å²) in [5.74, 6) is -3.21. The first kappa shape index (κ1) is 45.6. The maximum atomic E-state index is 13.2. The third-order valence-corrected chi connectivity index (χ3v) is 10.4. The molecule has 6 rings (SSSR count). The maximum Gasteiger partial charge on any atom is 0.407 e. The van der Waals surface area contributed by atoms with E-state index in [4.69, 9.17) is 33.5 Å². The van der Waals surface area contributed by atoms with Crippen LogP contribution in [0.2, 0.25) is 0 Å². The van der Waals surface area contributed by atoms with E-state index < -0.39 is 48.3 Å². The van der Waals surface area contributed by atoms with Gasteiger partial charge in [0.2, 0.25) is 5.91 Å². The SMILES string of the molecule is O=C(COc1cccc2c1C(=O)N(C1CCCOOC1)C2=O)NCCCOCCOCCOCCCNC(=O)C[C@H](NC(=O)OCC1c2ccccc2-c2ccccc21)C(=O)O. The second-order valence-electron chi connectivity index (χ2n) is 14.7. The number of benzene rings is 3. The zero-order valence-electron chi connectivity index (χ0n) is 34.3. The minimum atomic E-state index is -1.46. The van der Waals surface area contributed by atoms with Crippen molar-refractivity contribution in [3.05, 3.63) is 89.0 Å². The standard InChI is InChI=1S/C44H52N4O14/c49-38(25-36(43(53)54)47-44(55)60-27-35-32-12-3-1-10-30(32)31-11-2-4-13-33(31)35)45-16-7-18-56-21-23-58-24-22-57-19-8-17-46-39(50)28-59-37-15-5-14-34-40(37)42(52)48(41(34)51)29-9-6-20-61-62-26-29/h1-5,10-15,29,35-36H,6-9,16-28H2,(H,45,49)(H,46,50)(H,47,55)(H,53,54)/t29?,36-/m0/s1. The second-order valence-corrected chi connectivity index (χ2v) is 14.7. The van der Waals surface area contributed by atoms with E-state index in [0.29, 0.717) is 78.5 Å². The lowest BCUT2D eigenvalue weighted by Gasteiger charge is -2.23. The number of fused-ring (bicyclic) bond motifs is 4. The van der Waals surface area contributed by atoms with Crippen LogP contribution in [0.15, 0.2) is 66.7 Å². The lowest BCUT2D eigenvalue weighted by Crippen LogP contribution is -2.44. The van der Waals surface area contributed by atoms with E-state index in [0.717, 1.165) is 22.3 Å². The molecule has 3 aromatic carbocycles. The van der Waals surface area contributed by atoms with Gasteiger partial charge in [0.25, 0.3) is 17.7 Å². The molecule has 2 heterocycles. The first-order valence-corrected chi connectivity index (χ1v) is 20.7. The smallest absolute Gasteiger partial charge is 0.407 e. The molecule has 4 N–H and O–H groups in total. The summed E-state index contributed by atoms with van der Waals surface area (Å²) in [6.07, 6.45) is 0.854. The molecule has 18 nitrogen and oxygen atoms in total. The van der Waals surface area contributed by atoms with Crippen molar-refractivity contribution in [3.63, 3.8) is 0 Å². The number of amides is 5. The van der Waals surface area contributed by atoms with Crippen molar-refractivity contribution < 1.29 is 67.3 Å². The van der Waals surface area contributed by atoms with E-state index in [1.165, 1.54) is 4.90 Å². The quantitative estimate of drug-likeness (QED) is 0.0577. The van der Waals surface area contributed by atoms with Gasteiger partial charge in [0.15, 0.2) is 6.61 Å². The van der Waals surface area contributed by atoms with E-state index >= 15 is 0 Å². The predicted octanol–water partition coefficient (Wildman–Crippen LogP) is 3.22. The molecular formula is C44H52N4O14. The molecule has 1 saturated heterocycles. The van der Waals surface area contributed by atoms with Gasteiger partial charge in [-0.15, -0.1) is 0 Å². The van der Waals surface area contributed by atoms with Gasteiger partial charge in [-0.2, -0.15) is 0 Å². The Morgan fingerprint density at radius 3 is 2.02 bits per heavy atom. The van der Waals surface area contributed by atoms with E-state index in [9.17, 15) is 33.9 Å². The summed E-state index contributed by atoms with van der Waals surface area (Å²) >= 11 is 0. The molecule has 2 atom stereocenters. The van der Waals surface area contributed by atoms with Crippen molar-refractivity contribution in [2.24, 2.45) is 0 Å². The summed E-state index contributed by atoms with van der Waals surface area (Å²) in [4.78, 5) is 86.7. The van der Waals surface area contributed by atoms with Gasteiger partial charge in [-0.25, -0.2) is 19.4 Å². The zero-order valence-corrected chi connectivity index (χ0v) is 34.3. The van der Waals surface area contributed by atoms with Crippen LogP contribution in [0.4, 0.5) is 4.79 Å². The van der Waals surface area contributed by atoms with Crippen LogP contribution >= 0.6 is 0 Å². The topological polar surface area (TPSA) is 227 Å². The highest BCUT2D eigenvalue weighted by Gasteiger charge is 2.42. The van der Waals surface area contributed by atoms with Crippen LogP contribution in [0.3, 0.4) is 0 Å². The molecule has 0 radical (unpaired) electrons. The molecule has 3 aromatic rings. The molecule has 0 saturated carbocycles. The van der Waals surface area contributed by atoms with Gasteiger partial charge in [-0.3, -0.25) is 24.1 Å². The fraction of sp³-hybridized carbons (Fsp3) is 0.455. The third kappa shape index (κ3) is 12.3. The van der Waals surface area contributed by atoms with Gasteiger partial charge in [-0.05, 0) is 60.1 Å². The number of hydrogen-bond donors (Lipinski definition) is 4. The number of imide groups is 1. The zero-order chi connectivity index (χ0) is 43.7. The summed E-state index contributed by atoms with van der Waals surface area (Å²) < 4.78 is 27.6. The maximum absolute atomic E-state index is 13.2. The highest BCUT2D eigenvalue weighted by molar-refractivity contribution is 6.22. The number of nitrogens with zero attached hydrogens (tertiary/aromatic N) is 1. The fourth-order valence-corrected chi connectivity index (χ4v) is 7.36.